The summed E-state index contributed by atoms with van der Waals surface area (Å²) in [6, 6.07) is 7.21. The second-order valence-electron chi connectivity index (χ2n) is 3.82. The molecule has 19 heavy (non-hydrogen) atoms. The summed E-state index contributed by atoms with van der Waals surface area (Å²) >= 11 is 9.11. The SMILES string of the molecule is Fc1ccc(NCc2ccc(Cl)c(Br)c2)c(F)c1F. The van der Waals surface area contributed by atoms with Crippen molar-refractivity contribution in [2.75, 3.05) is 5.32 Å². The minimum atomic E-state index is -1.48. The van der Waals surface area contributed by atoms with Gasteiger partial charge in [0.05, 0.1) is 10.7 Å². The highest BCUT2D eigenvalue weighted by Crippen LogP contribution is 2.24. The standard InChI is InChI=1S/C13H8BrClF3N/c14-8-5-7(1-2-9(8)15)6-19-11-4-3-10(16)12(17)13(11)18/h1-5,19H,6H2. The van der Waals surface area contributed by atoms with E-state index >= 15 is 0 Å². The van der Waals surface area contributed by atoms with Gasteiger partial charge in [-0.05, 0) is 45.8 Å². The lowest BCUT2D eigenvalue weighted by atomic mass is 10.2. The zero-order chi connectivity index (χ0) is 14.0. The summed E-state index contributed by atoms with van der Waals surface area (Å²) in [6.07, 6.45) is 0. The first-order chi connectivity index (χ1) is 8.99. The fourth-order valence-electron chi connectivity index (χ4n) is 1.51. The van der Waals surface area contributed by atoms with Gasteiger partial charge in [0, 0.05) is 11.0 Å². The van der Waals surface area contributed by atoms with Crippen LogP contribution in [0, 0.1) is 17.5 Å². The predicted molar refractivity (Wildman–Crippen MR) is 72.8 cm³/mol. The second-order valence-corrected chi connectivity index (χ2v) is 5.09. The van der Waals surface area contributed by atoms with Gasteiger partial charge in [0.2, 0.25) is 0 Å². The third kappa shape index (κ3) is 3.22. The summed E-state index contributed by atoms with van der Waals surface area (Å²) in [5, 5.41) is 3.26. The Kier molecular flexibility index (Phi) is 4.37. The van der Waals surface area contributed by atoms with Crippen molar-refractivity contribution in [1.82, 2.24) is 0 Å². The molecule has 0 amide bonds. The van der Waals surface area contributed by atoms with Crippen LogP contribution < -0.4 is 5.32 Å². The Morgan fingerprint density at radius 1 is 1.05 bits per heavy atom. The Balaban J connectivity index is 2.14. The van der Waals surface area contributed by atoms with Crippen molar-refractivity contribution >= 4 is 33.2 Å². The van der Waals surface area contributed by atoms with E-state index in [9.17, 15) is 13.2 Å². The van der Waals surface area contributed by atoms with Crippen molar-refractivity contribution in [3.8, 4) is 0 Å². The number of halogens is 5. The van der Waals surface area contributed by atoms with Gasteiger partial charge in [-0.2, -0.15) is 0 Å². The lowest BCUT2D eigenvalue weighted by molar-refractivity contribution is 0.449. The van der Waals surface area contributed by atoms with E-state index in [1.807, 2.05) is 0 Å². The minimum Gasteiger partial charge on any atom is -0.379 e. The average molecular weight is 351 g/mol. The lowest BCUT2D eigenvalue weighted by Crippen LogP contribution is -2.04. The van der Waals surface area contributed by atoms with E-state index in [1.165, 1.54) is 0 Å². The van der Waals surface area contributed by atoms with E-state index in [0.29, 0.717) is 9.50 Å². The number of hydrogen-bond acceptors (Lipinski definition) is 1. The molecule has 0 spiro atoms. The normalized spacial score (nSPS) is 10.6. The molecule has 2 rings (SSSR count). The molecule has 0 unspecified atom stereocenters. The topological polar surface area (TPSA) is 12.0 Å². The molecule has 0 atom stereocenters. The number of rotatable bonds is 3. The molecule has 100 valence electrons. The highest BCUT2D eigenvalue weighted by atomic mass is 79.9. The van der Waals surface area contributed by atoms with Gasteiger partial charge in [0.1, 0.15) is 0 Å². The Morgan fingerprint density at radius 3 is 2.47 bits per heavy atom. The van der Waals surface area contributed by atoms with E-state index in [1.54, 1.807) is 18.2 Å². The van der Waals surface area contributed by atoms with Gasteiger partial charge in [-0.3, -0.25) is 0 Å². The molecule has 0 fully saturated rings. The smallest absolute Gasteiger partial charge is 0.196 e. The maximum atomic E-state index is 13.4. The van der Waals surface area contributed by atoms with E-state index in [4.69, 9.17) is 11.6 Å². The van der Waals surface area contributed by atoms with Crippen molar-refractivity contribution in [3.63, 3.8) is 0 Å². The molecule has 1 N–H and O–H groups in total. The van der Waals surface area contributed by atoms with Gasteiger partial charge in [-0.15, -0.1) is 0 Å². The zero-order valence-electron chi connectivity index (χ0n) is 9.48. The Bertz CT molecular complexity index is 619. The van der Waals surface area contributed by atoms with Crippen LogP contribution in [-0.4, -0.2) is 0 Å². The van der Waals surface area contributed by atoms with Gasteiger partial charge >= 0.3 is 0 Å². The molecule has 0 aromatic heterocycles. The molecule has 0 aliphatic rings. The van der Waals surface area contributed by atoms with Crippen molar-refractivity contribution in [3.05, 3.63) is 62.8 Å². The first kappa shape index (κ1) is 14.2. The van der Waals surface area contributed by atoms with Crippen LogP contribution in [0.15, 0.2) is 34.8 Å². The average Bonchev–Trinajstić information content (AvgIpc) is 2.39. The highest BCUT2D eigenvalue weighted by Gasteiger charge is 2.12. The van der Waals surface area contributed by atoms with E-state index < -0.39 is 17.5 Å². The monoisotopic (exact) mass is 349 g/mol. The molecule has 0 saturated carbocycles. The van der Waals surface area contributed by atoms with Crippen LogP contribution in [-0.2, 0) is 6.54 Å². The van der Waals surface area contributed by atoms with Crippen molar-refractivity contribution in [1.29, 1.82) is 0 Å². The molecule has 6 heteroatoms. The first-order valence-electron chi connectivity index (χ1n) is 5.30. The van der Waals surface area contributed by atoms with Crippen molar-refractivity contribution < 1.29 is 13.2 Å². The lowest BCUT2D eigenvalue weighted by Gasteiger charge is -2.09. The number of hydrogen-bond donors (Lipinski definition) is 1. The Morgan fingerprint density at radius 2 is 1.79 bits per heavy atom. The zero-order valence-corrected chi connectivity index (χ0v) is 11.8. The molecule has 2 aromatic carbocycles. The molecule has 1 nitrogen and oxygen atoms in total. The molecule has 0 saturated heterocycles. The molecule has 0 radical (unpaired) electrons. The molecule has 0 aliphatic heterocycles. The fourth-order valence-corrected chi connectivity index (χ4v) is 2.05. The molecule has 0 aliphatic carbocycles. The van der Waals surface area contributed by atoms with Crippen LogP contribution in [0.4, 0.5) is 18.9 Å². The summed E-state index contributed by atoms with van der Waals surface area (Å²) in [6.45, 7) is 0.262. The van der Waals surface area contributed by atoms with Gasteiger partial charge in [-0.1, -0.05) is 17.7 Å². The third-order valence-corrected chi connectivity index (χ3v) is 3.72. The van der Waals surface area contributed by atoms with Crippen LogP contribution in [0.25, 0.3) is 0 Å². The van der Waals surface area contributed by atoms with Gasteiger partial charge in [-0.25, -0.2) is 13.2 Å². The molecular weight excluding hydrogens is 343 g/mol. The quantitative estimate of drug-likeness (QED) is 0.757. The summed E-state index contributed by atoms with van der Waals surface area (Å²) < 4.78 is 39.9. The second kappa shape index (κ2) is 5.84. The van der Waals surface area contributed by atoms with Gasteiger partial charge in [0.15, 0.2) is 17.5 Å². The van der Waals surface area contributed by atoms with Crippen LogP contribution in [0.2, 0.25) is 5.02 Å². The molecule has 2 aromatic rings. The summed E-state index contributed by atoms with van der Waals surface area (Å²) in [5.74, 6) is -3.92. The summed E-state index contributed by atoms with van der Waals surface area (Å²) in [4.78, 5) is 0. The number of anilines is 1. The number of benzene rings is 2. The minimum absolute atomic E-state index is 0.0926. The maximum Gasteiger partial charge on any atom is 0.196 e. The first-order valence-corrected chi connectivity index (χ1v) is 6.47. The maximum absolute atomic E-state index is 13.4. The molecular formula is C13H8BrClF3N. The predicted octanol–water partition coefficient (Wildman–Crippen LogP) is 5.13. The van der Waals surface area contributed by atoms with Crippen LogP contribution in [0.1, 0.15) is 5.56 Å². The summed E-state index contributed by atoms with van der Waals surface area (Å²) in [7, 11) is 0. The van der Waals surface area contributed by atoms with E-state index in [2.05, 4.69) is 21.2 Å². The Labute approximate surface area is 121 Å². The van der Waals surface area contributed by atoms with E-state index in [0.717, 1.165) is 17.7 Å². The van der Waals surface area contributed by atoms with Gasteiger partial charge < -0.3 is 5.32 Å². The van der Waals surface area contributed by atoms with Crippen LogP contribution in [0.3, 0.4) is 0 Å². The van der Waals surface area contributed by atoms with Crippen LogP contribution in [0.5, 0.6) is 0 Å². The fraction of sp³-hybridized carbons (Fsp3) is 0.0769. The third-order valence-electron chi connectivity index (χ3n) is 2.50. The number of nitrogens with one attached hydrogen (secondary N) is 1. The largest absolute Gasteiger partial charge is 0.379 e. The molecule has 0 heterocycles. The van der Waals surface area contributed by atoms with Gasteiger partial charge in [0.25, 0.3) is 0 Å². The van der Waals surface area contributed by atoms with Crippen LogP contribution >= 0.6 is 27.5 Å². The van der Waals surface area contributed by atoms with Crippen molar-refractivity contribution in [2.45, 2.75) is 6.54 Å². The highest BCUT2D eigenvalue weighted by molar-refractivity contribution is 9.10. The van der Waals surface area contributed by atoms with Crippen molar-refractivity contribution in [2.24, 2.45) is 0 Å². The summed E-state index contributed by atoms with van der Waals surface area (Å²) in [5.41, 5.74) is 0.727. The Hall–Kier alpha value is -1.20. The molecule has 0 bridgehead atoms. The van der Waals surface area contributed by atoms with E-state index in [-0.39, 0.29) is 12.2 Å².